The quantitative estimate of drug-likeness (QED) is 0.152. The molecule has 2 aromatic rings. The predicted octanol–water partition coefficient (Wildman–Crippen LogP) is 2.69. The van der Waals surface area contributed by atoms with Gasteiger partial charge in [-0.2, -0.15) is 0 Å². The largest absolute Gasteiger partial charge is 0.356 e. The molecule has 0 saturated heterocycles. The third-order valence-corrected chi connectivity index (χ3v) is 5.45. The smallest absolute Gasteiger partial charge is 0.240 e. The van der Waals surface area contributed by atoms with Crippen LogP contribution in [0.3, 0.4) is 0 Å². The van der Waals surface area contributed by atoms with Gasteiger partial charge in [0.1, 0.15) is 5.15 Å². The van der Waals surface area contributed by atoms with Crippen molar-refractivity contribution in [3.63, 3.8) is 0 Å². The molecule has 0 spiro atoms. The van der Waals surface area contributed by atoms with Gasteiger partial charge in [-0.05, 0) is 36.2 Å². The Morgan fingerprint density at radius 3 is 2.50 bits per heavy atom. The highest BCUT2D eigenvalue weighted by Crippen LogP contribution is 2.14. The zero-order chi connectivity index (χ0) is 19.7. The normalized spacial score (nSPS) is 11.6. The lowest BCUT2D eigenvalue weighted by molar-refractivity contribution is 0.580. The number of sulfonamides is 1. The summed E-state index contributed by atoms with van der Waals surface area (Å²) in [6.07, 6.45) is 2.48. The van der Waals surface area contributed by atoms with E-state index >= 15 is 0 Å². The molecule has 1 aromatic heterocycles. The number of nitrogens with zero attached hydrogens (tertiary/aromatic N) is 2. The van der Waals surface area contributed by atoms with Gasteiger partial charge in [-0.3, -0.25) is 4.99 Å². The summed E-state index contributed by atoms with van der Waals surface area (Å²) in [4.78, 5) is 8.26. The minimum atomic E-state index is -3.60. The molecule has 11 heteroatoms. The third-order valence-electron chi connectivity index (χ3n) is 3.53. The van der Waals surface area contributed by atoms with Crippen molar-refractivity contribution in [3.8, 4) is 0 Å². The topological polar surface area (TPSA) is 95.5 Å². The Kier molecular flexibility index (Phi) is 11.1. The summed E-state index contributed by atoms with van der Waals surface area (Å²) in [5, 5.41) is 7.04. The van der Waals surface area contributed by atoms with E-state index in [-0.39, 0.29) is 35.4 Å². The van der Waals surface area contributed by atoms with Crippen LogP contribution in [-0.4, -0.2) is 46.0 Å². The van der Waals surface area contributed by atoms with Gasteiger partial charge in [0, 0.05) is 37.9 Å². The van der Waals surface area contributed by atoms with E-state index in [0.717, 1.165) is 12.0 Å². The number of aromatic nitrogens is 1. The molecule has 7 nitrogen and oxygen atoms in total. The van der Waals surface area contributed by atoms with Crippen molar-refractivity contribution in [1.29, 1.82) is 0 Å². The van der Waals surface area contributed by atoms with Crippen LogP contribution in [0.25, 0.3) is 0 Å². The van der Waals surface area contributed by atoms with Gasteiger partial charge < -0.3 is 10.6 Å². The molecule has 3 N–H and O–H groups in total. The predicted molar refractivity (Wildman–Crippen MR) is 124 cm³/mol. The first-order valence-corrected chi connectivity index (χ1v) is 10.4. The second-order valence-electron chi connectivity index (χ2n) is 5.52. The first kappa shape index (κ1) is 24.9. The van der Waals surface area contributed by atoms with Crippen molar-refractivity contribution in [2.24, 2.45) is 4.99 Å². The Balaban J connectivity index is 0.00000392. The number of halogens is 3. The van der Waals surface area contributed by atoms with Gasteiger partial charge >= 0.3 is 0 Å². The van der Waals surface area contributed by atoms with Crippen LogP contribution in [0.5, 0.6) is 0 Å². The van der Waals surface area contributed by atoms with E-state index in [4.69, 9.17) is 23.2 Å². The van der Waals surface area contributed by atoms with Crippen LogP contribution in [0.15, 0.2) is 52.5 Å². The van der Waals surface area contributed by atoms with Gasteiger partial charge in [-0.25, -0.2) is 18.1 Å². The molecule has 0 bridgehead atoms. The lowest BCUT2D eigenvalue weighted by atomic mass is 10.2. The summed E-state index contributed by atoms with van der Waals surface area (Å²) >= 11 is 11.6. The zero-order valence-electron chi connectivity index (χ0n) is 15.2. The van der Waals surface area contributed by atoms with Gasteiger partial charge in [0.15, 0.2) is 5.96 Å². The third kappa shape index (κ3) is 8.48. The van der Waals surface area contributed by atoms with Gasteiger partial charge in [0.2, 0.25) is 10.0 Å². The van der Waals surface area contributed by atoms with Crippen LogP contribution in [0, 0.1) is 0 Å². The number of rotatable bonds is 8. The van der Waals surface area contributed by atoms with Crippen molar-refractivity contribution >= 4 is 63.2 Å². The Morgan fingerprint density at radius 1 is 1.11 bits per heavy atom. The molecule has 0 atom stereocenters. The van der Waals surface area contributed by atoms with Gasteiger partial charge in [0.05, 0.1) is 4.90 Å². The first-order valence-electron chi connectivity index (χ1n) is 8.21. The van der Waals surface area contributed by atoms with Crippen molar-refractivity contribution in [3.05, 3.63) is 58.3 Å². The average molecular weight is 558 g/mol. The van der Waals surface area contributed by atoms with Gasteiger partial charge in [-0.15, -0.1) is 24.0 Å². The molecule has 28 heavy (non-hydrogen) atoms. The maximum Gasteiger partial charge on any atom is 0.240 e. The van der Waals surface area contributed by atoms with Crippen LogP contribution in [0.4, 0.5) is 0 Å². The Morgan fingerprint density at radius 2 is 1.86 bits per heavy atom. The van der Waals surface area contributed by atoms with Crippen LogP contribution >= 0.6 is 47.2 Å². The molecule has 0 fully saturated rings. The molecule has 0 amide bonds. The minimum absolute atomic E-state index is 0. The van der Waals surface area contributed by atoms with Crippen LogP contribution in [0.2, 0.25) is 10.2 Å². The van der Waals surface area contributed by atoms with Crippen LogP contribution in [0.1, 0.15) is 5.56 Å². The van der Waals surface area contributed by atoms with E-state index in [9.17, 15) is 8.42 Å². The molecule has 0 aliphatic carbocycles. The number of benzene rings is 1. The van der Waals surface area contributed by atoms with E-state index in [0.29, 0.717) is 29.2 Å². The van der Waals surface area contributed by atoms with E-state index < -0.39 is 10.0 Å². The number of hydrogen-bond donors (Lipinski definition) is 3. The second-order valence-corrected chi connectivity index (χ2v) is 8.11. The summed E-state index contributed by atoms with van der Waals surface area (Å²) in [5.41, 5.74) is 1.05. The monoisotopic (exact) mass is 557 g/mol. The first-order chi connectivity index (χ1) is 12.9. The van der Waals surface area contributed by atoms with E-state index in [1.807, 2.05) is 6.07 Å². The fraction of sp³-hybridized carbons (Fsp3) is 0.294. The standard InChI is InChI=1S/C17H21Cl2N5O2S.HI/c1-20-17(21-8-7-13-5-6-16(19)23-12-13)22-9-10-24-27(25,26)15-4-2-3-14(18)11-15;/h2-6,11-12,24H,7-10H2,1H3,(H2,20,21,22);1H. The summed E-state index contributed by atoms with van der Waals surface area (Å²) in [5.74, 6) is 0.582. The highest BCUT2D eigenvalue weighted by atomic mass is 127. The molecule has 0 saturated carbocycles. The maximum absolute atomic E-state index is 12.2. The summed E-state index contributed by atoms with van der Waals surface area (Å²) in [6, 6.07) is 9.78. The SMILES string of the molecule is CN=C(NCCNS(=O)(=O)c1cccc(Cl)c1)NCCc1ccc(Cl)nc1.I. The minimum Gasteiger partial charge on any atom is -0.356 e. The highest BCUT2D eigenvalue weighted by molar-refractivity contribution is 14.0. The molecule has 1 aromatic carbocycles. The molecule has 0 radical (unpaired) electrons. The number of pyridine rings is 1. The molecule has 0 unspecified atom stereocenters. The van der Waals surface area contributed by atoms with Crippen molar-refractivity contribution in [2.45, 2.75) is 11.3 Å². The fourth-order valence-corrected chi connectivity index (χ4v) is 3.63. The van der Waals surface area contributed by atoms with Crippen LogP contribution in [-0.2, 0) is 16.4 Å². The number of aliphatic imine (C=N–C) groups is 1. The summed E-state index contributed by atoms with van der Waals surface area (Å²) in [7, 11) is -1.95. The summed E-state index contributed by atoms with van der Waals surface area (Å²) < 4.78 is 26.9. The molecular formula is C17H22Cl2IN5O2S. The Bertz CT molecular complexity index is 879. The zero-order valence-corrected chi connectivity index (χ0v) is 19.8. The van der Waals surface area contributed by atoms with E-state index in [1.165, 1.54) is 12.1 Å². The van der Waals surface area contributed by atoms with Crippen molar-refractivity contribution in [2.75, 3.05) is 26.7 Å². The van der Waals surface area contributed by atoms with E-state index in [1.54, 1.807) is 31.4 Å². The molecule has 0 aliphatic rings. The number of nitrogens with one attached hydrogen (secondary N) is 3. The molecule has 1 heterocycles. The number of guanidine groups is 1. The van der Waals surface area contributed by atoms with Crippen molar-refractivity contribution in [1.82, 2.24) is 20.3 Å². The molecule has 2 rings (SSSR count). The summed E-state index contributed by atoms with van der Waals surface area (Å²) in [6.45, 7) is 1.23. The van der Waals surface area contributed by atoms with Crippen LogP contribution < -0.4 is 15.4 Å². The Hall–Kier alpha value is -1.14. The highest BCUT2D eigenvalue weighted by Gasteiger charge is 2.13. The molecular weight excluding hydrogens is 536 g/mol. The second kappa shape index (κ2) is 12.4. The van der Waals surface area contributed by atoms with Gasteiger partial charge in [-0.1, -0.05) is 35.3 Å². The van der Waals surface area contributed by atoms with E-state index in [2.05, 4.69) is 25.3 Å². The van der Waals surface area contributed by atoms with Crippen molar-refractivity contribution < 1.29 is 8.42 Å². The lowest BCUT2D eigenvalue weighted by Gasteiger charge is -2.12. The fourth-order valence-electron chi connectivity index (χ4n) is 2.18. The number of hydrogen-bond acceptors (Lipinski definition) is 4. The maximum atomic E-state index is 12.2. The Labute approximate surface area is 192 Å². The van der Waals surface area contributed by atoms with Gasteiger partial charge in [0.25, 0.3) is 0 Å². The molecule has 154 valence electrons. The molecule has 0 aliphatic heterocycles. The lowest BCUT2D eigenvalue weighted by Crippen LogP contribution is -2.42. The average Bonchev–Trinajstić information content (AvgIpc) is 2.65.